The number of benzene rings is 1. The average Bonchev–Trinajstić information content (AvgIpc) is 2.09. The van der Waals surface area contributed by atoms with E-state index in [-0.39, 0.29) is 5.82 Å². The van der Waals surface area contributed by atoms with E-state index in [1.807, 2.05) is 0 Å². The monoisotopic (exact) mass is 182 g/mol. The van der Waals surface area contributed by atoms with E-state index in [1.54, 1.807) is 13.0 Å². The van der Waals surface area contributed by atoms with Crippen LogP contribution in [0, 0.1) is 12.7 Å². The number of rotatable bonds is 0. The van der Waals surface area contributed by atoms with E-state index in [4.69, 9.17) is 4.74 Å². The lowest BCUT2D eigenvalue weighted by atomic mass is 10.0. The molecule has 3 heteroatoms. The van der Waals surface area contributed by atoms with Crippen molar-refractivity contribution in [1.29, 1.82) is 0 Å². The normalized spacial score (nSPS) is 20.7. The van der Waals surface area contributed by atoms with Gasteiger partial charge in [0.15, 0.2) is 0 Å². The molecule has 0 unspecified atom stereocenters. The second-order valence-electron chi connectivity index (χ2n) is 3.29. The minimum Gasteiger partial charge on any atom is -0.493 e. The molecule has 1 N–H and O–H groups in total. The molecule has 2 nitrogen and oxygen atoms in total. The molecule has 13 heavy (non-hydrogen) atoms. The van der Waals surface area contributed by atoms with E-state index in [0.717, 1.165) is 0 Å². The van der Waals surface area contributed by atoms with Gasteiger partial charge in [0.2, 0.25) is 0 Å². The van der Waals surface area contributed by atoms with Crippen LogP contribution >= 0.6 is 0 Å². The minimum atomic E-state index is -0.511. The molecule has 0 amide bonds. The smallest absolute Gasteiger partial charge is 0.129 e. The molecule has 0 saturated carbocycles. The molecule has 1 aromatic carbocycles. The number of aliphatic hydroxyl groups excluding tert-OH is 1. The lowest BCUT2D eigenvalue weighted by Gasteiger charge is -2.22. The van der Waals surface area contributed by atoms with Crippen molar-refractivity contribution >= 4 is 0 Å². The molecule has 1 aliphatic heterocycles. The zero-order valence-electron chi connectivity index (χ0n) is 7.38. The Hall–Kier alpha value is -1.09. The SMILES string of the molecule is Cc1cc2c(cc1F)OCC[C@H]2O. The molecule has 0 aliphatic carbocycles. The molecular weight excluding hydrogens is 171 g/mol. The third-order valence-electron chi connectivity index (χ3n) is 2.30. The molecule has 0 bridgehead atoms. The van der Waals surface area contributed by atoms with E-state index >= 15 is 0 Å². The van der Waals surface area contributed by atoms with Gasteiger partial charge in [-0.25, -0.2) is 4.39 Å². The second-order valence-corrected chi connectivity index (χ2v) is 3.29. The van der Waals surface area contributed by atoms with Gasteiger partial charge in [0, 0.05) is 18.1 Å². The molecular formula is C10H11FO2. The molecule has 1 aromatic rings. The Kier molecular flexibility index (Phi) is 1.96. The topological polar surface area (TPSA) is 29.5 Å². The summed E-state index contributed by atoms with van der Waals surface area (Å²) in [5.41, 5.74) is 1.24. The Bertz CT molecular complexity index is 336. The second kappa shape index (κ2) is 3.00. The van der Waals surface area contributed by atoms with E-state index < -0.39 is 6.10 Å². The highest BCUT2D eigenvalue weighted by atomic mass is 19.1. The molecule has 1 heterocycles. The summed E-state index contributed by atoms with van der Waals surface area (Å²) >= 11 is 0. The maximum absolute atomic E-state index is 13.1. The summed E-state index contributed by atoms with van der Waals surface area (Å²) in [4.78, 5) is 0. The highest BCUT2D eigenvalue weighted by Gasteiger charge is 2.20. The quantitative estimate of drug-likeness (QED) is 0.664. The third-order valence-corrected chi connectivity index (χ3v) is 2.30. The predicted octanol–water partition coefficient (Wildman–Crippen LogP) is 1.95. The summed E-state index contributed by atoms with van der Waals surface area (Å²) in [5.74, 6) is 0.190. The van der Waals surface area contributed by atoms with E-state index in [2.05, 4.69) is 0 Å². The summed E-state index contributed by atoms with van der Waals surface area (Å²) in [6.07, 6.45) is 0.0704. The van der Waals surface area contributed by atoms with Crippen molar-refractivity contribution in [3.05, 3.63) is 29.1 Å². The van der Waals surface area contributed by atoms with E-state index in [1.165, 1.54) is 6.07 Å². The van der Waals surface area contributed by atoms with E-state index in [0.29, 0.717) is 29.9 Å². The highest BCUT2D eigenvalue weighted by Crippen LogP contribution is 2.33. The largest absolute Gasteiger partial charge is 0.493 e. The molecule has 0 spiro atoms. The molecule has 2 rings (SSSR count). The minimum absolute atomic E-state index is 0.284. The first-order valence-electron chi connectivity index (χ1n) is 4.29. The fourth-order valence-electron chi connectivity index (χ4n) is 1.51. The summed E-state index contributed by atoms with van der Waals surface area (Å²) in [7, 11) is 0. The number of hydrogen-bond acceptors (Lipinski definition) is 2. The first-order valence-corrected chi connectivity index (χ1v) is 4.29. The first kappa shape index (κ1) is 8.51. The fourth-order valence-corrected chi connectivity index (χ4v) is 1.51. The number of halogens is 1. The van der Waals surface area contributed by atoms with Crippen LogP contribution in [0.25, 0.3) is 0 Å². The van der Waals surface area contributed by atoms with Gasteiger partial charge in [0.25, 0.3) is 0 Å². The van der Waals surface area contributed by atoms with Crippen LogP contribution in [0.5, 0.6) is 5.75 Å². The fraction of sp³-hybridized carbons (Fsp3) is 0.400. The van der Waals surface area contributed by atoms with Gasteiger partial charge >= 0.3 is 0 Å². The Morgan fingerprint density at radius 2 is 2.31 bits per heavy atom. The van der Waals surface area contributed by atoms with Crippen LogP contribution in [0.1, 0.15) is 23.7 Å². The van der Waals surface area contributed by atoms with Crippen LogP contribution in [0.15, 0.2) is 12.1 Å². The maximum atomic E-state index is 13.1. The Morgan fingerprint density at radius 1 is 1.54 bits per heavy atom. The van der Waals surface area contributed by atoms with Crippen LogP contribution in [-0.2, 0) is 0 Å². The van der Waals surface area contributed by atoms with Gasteiger partial charge in [0.05, 0.1) is 12.7 Å². The standard InChI is InChI=1S/C10H11FO2/c1-6-4-7-9(12)2-3-13-10(7)5-8(6)11/h4-5,9,12H,2-3H2,1H3/t9-/m1/s1. The number of fused-ring (bicyclic) bond motifs is 1. The van der Waals surface area contributed by atoms with Crippen LogP contribution in [0.3, 0.4) is 0 Å². The van der Waals surface area contributed by atoms with Crippen molar-refractivity contribution in [3.63, 3.8) is 0 Å². The molecule has 0 fully saturated rings. The lowest BCUT2D eigenvalue weighted by molar-refractivity contribution is 0.115. The highest BCUT2D eigenvalue weighted by molar-refractivity contribution is 5.40. The van der Waals surface area contributed by atoms with Crippen molar-refractivity contribution in [3.8, 4) is 5.75 Å². The molecule has 70 valence electrons. The van der Waals surface area contributed by atoms with Gasteiger partial charge in [0.1, 0.15) is 11.6 Å². The van der Waals surface area contributed by atoms with Crippen molar-refractivity contribution in [1.82, 2.24) is 0 Å². The zero-order chi connectivity index (χ0) is 9.42. The van der Waals surface area contributed by atoms with Crippen molar-refractivity contribution in [2.45, 2.75) is 19.4 Å². The third kappa shape index (κ3) is 1.40. The number of aryl methyl sites for hydroxylation is 1. The van der Waals surface area contributed by atoms with Crippen molar-refractivity contribution < 1.29 is 14.2 Å². The maximum Gasteiger partial charge on any atom is 0.129 e. The van der Waals surface area contributed by atoms with Gasteiger partial charge < -0.3 is 9.84 Å². The number of ether oxygens (including phenoxy) is 1. The van der Waals surface area contributed by atoms with Gasteiger partial charge in [-0.2, -0.15) is 0 Å². The van der Waals surface area contributed by atoms with E-state index in [9.17, 15) is 9.50 Å². The Labute approximate surface area is 76.0 Å². The summed E-state index contributed by atoms with van der Waals surface area (Å²) in [6, 6.07) is 2.99. The van der Waals surface area contributed by atoms with Crippen LogP contribution in [-0.4, -0.2) is 11.7 Å². The first-order chi connectivity index (χ1) is 6.18. The molecule has 0 saturated heterocycles. The van der Waals surface area contributed by atoms with Crippen LogP contribution < -0.4 is 4.74 Å². The Morgan fingerprint density at radius 3 is 3.08 bits per heavy atom. The van der Waals surface area contributed by atoms with Gasteiger partial charge in [-0.05, 0) is 18.6 Å². The summed E-state index contributed by atoms with van der Waals surface area (Å²) in [6.45, 7) is 2.13. The predicted molar refractivity (Wildman–Crippen MR) is 46.2 cm³/mol. The lowest BCUT2D eigenvalue weighted by Crippen LogP contribution is -2.14. The number of hydrogen-bond donors (Lipinski definition) is 1. The summed E-state index contributed by atoms with van der Waals surface area (Å²) < 4.78 is 18.3. The van der Waals surface area contributed by atoms with Crippen LogP contribution in [0.2, 0.25) is 0 Å². The molecule has 1 aliphatic rings. The van der Waals surface area contributed by atoms with Gasteiger partial charge in [-0.1, -0.05) is 0 Å². The van der Waals surface area contributed by atoms with Gasteiger partial charge in [-0.3, -0.25) is 0 Å². The zero-order valence-corrected chi connectivity index (χ0v) is 7.38. The molecule has 1 atom stereocenters. The molecule has 0 radical (unpaired) electrons. The molecule has 0 aromatic heterocycles. The van der Waals surface area contributed by atoms with Gasteiger partial charge in [-0.15, -0.1) is 0 Å². The Balaban J connectivity index is 2.52. The van der Waals surface area contributed by atoms with Crippen LogP contribution in [0.4, 0.5) is 4.39 Å². The summed E-state index contributed by atoms with van der Waals surface area (Å²) in [5, 5.41) is 9.57. The number of aliphatic hydroxyl groups is 1. The van der Waals surface area contributed by atoms with Crippen molar-refractivity contribution in [2.75, 3.05) is 6.61 Å². The van der Waals surface area contributed by atoms with Crippen molar-refractivity contribution in [2.24, 2.45) is 0 Å². The average molecular weight is 182 g/mol.